The molecule has 7 heteroatoms. The van der Waals surface area contributed by atoms with Crippen LogP contribution in [0.4, 0.5) is 8.78 Å². The van der Waals surface area contributed by atoms with E-state index in [-0.39, 0.29) is 13.2 Å². The maximum absolute atomic E-state index is 12.3. The van der Waals surface area contributed by atoms with Crippen LogP contribution in [-0.2, 0) is 13.6 Å². The van der Waals surface area contributed by atoms with Gasteiger partial charge in [0, 0.05) is 11.2 Å². The van der Waals surface area contributed by atoms with Gasteiger partial charge < -0.3 is 0 Å². The van der Waals surface area contributed by atoms with E-state index < -0.39 is 25.7 Å². The van der Waals surface area contributed by atoms with Crippen LogP contribution in [0.25, 0.3) is 0 Å². The average molecular weight is 221 g/mol. The first-order chi connectivity index (χ1) is 5.54. The van der Waals surface area contributed by atoms with Crippen molar-refractivity contribution in [2.24, 2.45) is 5.41 Å². The van der Waals surface area contributed by atoms with Crippen LogP contribution in [0.5, 0.6) is 0 Å². The van der Waals surface area contributed by atoms with Crippen molar-refractivity contribution in [3.8, 4) is 0 Å². The van der Waals surface area contributed by atoms with E-state index in [2.05, 4.69) is 9.05 Å². The summed E-state index contributed by atoms with van der Waals surface area (Å²) in [5.41, 5.74) is -1.32. The molecule has 3 nitrogen and oxygen atoms in total. The third-order valence-corrected chi connectivity index (χ3v) is 3.08. The van der Waals surface area contributed by atoms with E-state index >= 15 is 0 Å². The largest absolute Gasteiger partial charge is 0.424 e. The third kappa shape index (κ3) is 2.16. The molecule has 1 saturated heterocycles. The third-order valence-electron chi connectivity index (χ3n) is 1.62. The molecule has 0 N–H and O–H groups in total. The van der Waals surface area contributed by atoms with Crippen LogP contribution in [-0.4, -0.2) is 26.6 Å². The SMILES string of the molecule is O=P1(Cl)OCC(CF)(CF)CO1. The normalized spacial score (nSPS) is 26.9. The smallest absolute Gasteiger partial charge is 0.296 e. The van der Waals surface area contributed by atoms with Crippen LogP contribution in [0.15, 0.2) is 0 Å². The molecule has 0 aromatic carbocycles. The van der Waals surface area contributed by atoms with Crippen molar-refractivity contribution in [3.05, 3.63) is 0 Å². The van der Waals surface area contributed by atoms with Crippen LogP contribution in [0.1, 0.15) is 0 Å². The Morgan fingerprint density at radius 1 is 1.33 bits per heavy atom. The molecule has 0 aromatic heterocycles. The highest BCUT2D eigenvalue weighted by molar-refractivity contribution is 7.81. The second kappa shape index (κ2) is 3.58. The highest BCUT2D eigenvalue weighted by atomic mass is 35.7. The van der Waals surface area contributed by atoms with Crippen molar-refractivity contribution in [2.45, 2.75) is 0 Å². The average Bonchev–Trinajstić information content (AvgIpc) is 2.06. The zero-order valence-corrected chi connectivity index (χ0v) is 7.78. The summed E-state index contributed by atoms with van der Waals surface area (Å²) in [4.78, 5) is 0. The summed E-state index contributed by atoms with van der Waals surface area (Å²) in [7, 11) is 0. The van der Waals surface area contributed by atoms with Gasteiger partial charge in [0.2, 0.25) is 0 Å². The molecule has 1 aliphatic rings. The Labute approximate surface area is 73.3 Å². The number of rotatable bonds is 2. The summed E-state index contributed by atoms with van der Waals surface area (Å²) >= 11 is 5.18. The Hall–Kier alpha value is 0.300. The Morgan fingerprint density at radius 2 is 1.75 bits per heavy atom. The molecule has 1 heterocycles. The van der Waals surface area contributed by atoms with Crippen LogP contribution >= 0.6 is 18.2 Å². The Balaban J connectivity index is 2.59. The fraction of sp³-hybridized carbons (Fsp3) is 1.00. The maximum atomic E-state index is 12.3. The zero-order valence-electron chi connectivity index (χ0n) is 6.13. The highest BCUT2D eigenvalue weighted by Crippen LogP contribution is 2.58. The number of hydrogen-bond acceptors (Lipinski definition) is 3. The summed E-state index contributed by atoms with van der Waals surface area (Å²) in [5.74, 6) is 0. The summed E-state index contributed by atoms with van der Waals surface area (Å²) in [5, 5.41) is 0. The lowest BCUT2D eigenvalue weighted by molar-refractivity contribution is -0.00918. The van der Waals surface area contributed by atoms with E-state index in [1.165, 1.54) is 0 Å². The molecule has 72 valence electrons. The van der Waals surface area contributed by atoms with Gasteiger partial charge in [-0.2, -0.15) is 0 Å². The number of halogens is 3. The molecule has 1 rings (SSSR count). The Morgan fingerprint density at radius 3 is 2.08 bits per heavy atom. The fourth-order valence-electron chi connectivity index (χ4n) is 0.697. The molecule has 1 fully saturated rings. The minimum Gasteiger partial charge on any atom is -0.296 e. The topological polar surface area (TPSA) is 35.5 Å². The van der Waals surface area contributed by atoms with Gasteiger partial charge in [-0.15, -0.1) is 0 Å². The van der Waals surface area contributed by atoms with Crippen molar-refractivity contribution in [3.63, 3.8) is 0 Å². The lowest BCUT2D eigenvalue weighted by Gasteiger charge is -2.32. The van der Waals surface area contributed by atoms with E-state index in [0.717, 1.165) is 0 Å². The second-order valence-corrected chi connectivity index (χ2v) is 5.36. The number of alkyl halides is 2. The van der Waals surface area contributed by atoms with Crippen molar-refractivity contribution >= 4 is 18.2 Å². The summed E-state index contributed by atoms with van der Waals surface area (Å²) in [6.45, 7) is -6.00. The van der Waals surface area contributed by atoms with Gasteiger partial charge in [0.15, 0.2) is 0 Å². The Kier molecular flexibility index (Phi) is 3.10. The minimum atomic E-state index is -3.55. The van der Waals surface area contributed by atoms with Gasteiger partial charge >= 0.3 is 6.95 Å². The van der Waals surface area contributed by atoms with Gasteiger partial charge in [-0.05, 0) is 0 Å². The molecule has 0 unspecified atom stereocenters. The van der Waals surface area contributed by atoms with Crippen molar-refractivity contribution in [1.29, 1.82) is 0 Å². The molecular formula is C5H8ClF2O3P. The minimum absolute atomic E-state index is 0.305. The van der Waals surface area contributed by atoms with E-state index in [0.29, 0.717) is 0 Å². The van der Waals surface area contributed by atoms with Gasteiger partial charge in [-0.25, -0.2) is 4.57 Å². The molecule has 0 spiro atoms. The summed E-state index contributed by atoms with van der Waals surface area (Å²) < 4.78 is 44.3. The molecular weight excluding hydrogens is 212 g/mol. The van der Waals surface area contributed by atoms with Crippen LogP contribution in [0.2, 0.25) is 0 Å². The number of hydrogen-bond donors (Lipinski definition) is 0. The predicted octanol–water partition coefficient (Wildman–Crippen LogP) is 2.31. The van der Waals surface area contributed by atoms with Gasteiger partial charge in [-0.1, -0.05) is 0 Å². The highest BCUT2D eigenvalue weighted by Gasteiger charge is 2.41. The summed E-state index contributed by atoms with van der Waals surface area (Å²) in [6, 6.07) is 0. The Bertz CT molecular complexity index is 195. The molecule has 0 bridgehead atoms. The molecule has 0 radical (unpaired) electrons. The first-order valence-electron chi connectivity index (χ1n) is 3.24. The van der Waals surface area contributed by atoms with Gasteiger partial charge in [0.25, 0.3) is 0 Å². The van der Waals surface area contributed by atoms with Crippen LogP contribution < -0.4 is 0 Å². The van der Waals surface area contributed by atoms with Gasteiger partial charge in [0.1, 0.15) is 13.3 Å². The first kappa shape index (κ1) is 10.4. The molecule has 0 atom stereocenters. The van der Waals surface area contributed by atoms with Gasteiger partial charge in [-0.3, -0.25) is 17.8 Å². The monoisotopic (exact) mass is 220 g/mol. The molecule has 0 aliphatic carbocycles. The van der Waals surface area contributed by atoms with Crippen molar-refractivity contribution < 1.29 is 22.4 Å². The lowest BCUT2D eigenvalue weighted by Crippen LogP contribution is -2.38. The molecule has 1 aliphatic heterocycles. The quantitative estimate of drug-likeness (QED) is 0.670. The van der Waals surface area contributed by atoms with E-state index in [1.54, 1.807) is 0 Å². The zero-order chi connectivity index (χ0) is 9.24. The van der Waals surface area contributed by atoms with Crippen LogP contribution in [0.3, 0.4) is 0 Å². The van der Waals surface area contributed by atoms with Crippen molar-refractivity contribution in [1.82, 2.24) is 0 Å². The van der Waals surface area contributed by atoms with E-state index in [9.17, 15) is 13.3 Å². The predicted molar refractivity (Wildman–Crippen MR) is 39.7 cm³/mol. The lowest BCUT2D eigenvalue weighted by atomic mass is 9.94. The first-order valence-corrected chi connectivity index (χ1v) is 5.69. The van der Waals surface area contributed by atoms with E-state index in [1.807, 2.05) is 0 Å². The molecule has 0 amide bonds. The summed E-state index contributed by atoms with van der Waals surface area (Å²) in [6.07, 6.45) is 0. The standard InChI is InChI=1S/C5H8ClF2O3P/c6-12(9)10-3-5(1-7,2-8)4-11-12/h1-4H2. The molecule has 12 heavy (non-hydrogen) atoms. The van der Waals surface area contributed by atoms with Crippen LogP contribution in [0, 0.1) is 5.41 Å². The van der Waals surface area contributed by atoms with Gasteiger partial charge in [0.05, 0.1) is 18.6 Å². The molecule has 0 saturated carbocycles. The fourth-order valence-corrected chi connectivity index (χ4v) is 1.92. The maximum Gasteiger partial charge on any atom is 0.424 e. The van der Waals surface area contributed by atoms with Crippen molar-refractivity contribution in [2.75, 3.05) is 26.6 Å². The van der Waals surface area contributed by atoms with E-state index in [4.69, 9.17) is 11.2 Å². The molecule has 0 aromatic rings. The second-order valence-electron chi connectivity index (χ2n) is 2.74.